The van der Waals surface area contributed by atoms with Crippen molar-refractivity contribution in [3.8, 4) is 0 Å². The topological polar surface area (TPSA) is 58.6 Å². The molecule has 1 aromatic carbocycles. The van der Waals surface area contributed by atoms with E-state index in [0.29, 0.717) is 19.6 Å². The summed E-state index contributed by atoms with van der Waals surface area (Å²) in [5.74, 6) is 0.0112. The van der Waals surface area contributed by atoms with Gasteiger partial charge in [0.05, 0.1) is 0 Å². The molecule has 1 saturated heterocycles. The molecule has 24 heavy (non-hydrogen) atoms. The Morgan fingerprint density at radius 1 is 1.21 bits per heavy atom. The second kappa shape index (κ2) is 6.11. The van der Waals surface area contributed by atoms with Gasteiger partial charge in [-0.3, -0.25) is 4.79 Å². The number of carbonyl (C=O) groups excluding carboxylic acids is 2. The van der Waals surface area contributed by atoms with Gasteiger partial charge >= 0.3 is 6.09 Å². The molecule has 0 aromatic heterocycles. The van der Waals surface area contributed by atoms with Crippen molar-refractivity contribution in [2.45, 2.75) is 45.6 Å². The normalized spacial score (nSPS) is 20.1. The van der Waals surface area contributed by atoms with E-state index in [1.807, 2.05) is 45.0 Å². The van der Waals surface area contributed by atoms with Gasteiger partial charge in [0.25, 0.3) is 5.91 Å². The molecule has 2 heterocycles. The first-order valence-electron chi connectivity index (χ1n) is 8.62. The van der Waals surface area contributed by atoms with Crippen LogP contribution in [0.1, 0.15) is 49.5 Å². The predicted molar refractivity (Wildman–Crippen MR) is 92.0 cm³/mol. The number of hydrogen-bond acceptors (Lipinski definition) is 3. The summed E-state index contributed by atoms with van der Waals surface area (Å²) in [6.45, 7) is 7.67. The van der Waals surface area contributed by atoms with Gasteiger partial charge in [0.15, 0.2) is 0 Å². The molecule has 5 heteroatoms. The largest absolute Gasteiger partial charge is 0.444 e. The van der Waals surface area contributed by atoms with E-state index >= 15 is 0 Å². The minimum absolute atomic E-state index is 0.0112. The maximum atomic E-state index is 12.3. The van der Waals surface area contributed by atoms with Gasteiger partial charge in [0.1, 0.15) is 5.60 Å². The predicted octanol–water partition coefficient (Wildman–Crippen LogP) is 2.99. The molecule has 2 aliphatic heterocycles. The third-order valence-electron chi connectivity index (χ3n) is 4.93. The van der Waals surface area contributed by atoms with Gasteiger partial charge in [0.2, 0.25) is 0 Å². The third-order valence-corrected chi connectivity index (χ3v) is 4.93. The maximum absolute atomic E-state index is 12.3. The maximum Gasteiger partial charge on any atom is 0.410 e. The zero-order valence-electron chi connectivity index (χ0n) is 14.7. The van der Waals surface area contributed by atoms with E-state index < -0.39 is 5.60 Å². The molecule has 1 spiro atoms. The lowest BCUT2D eigenvalue weighted by Gasteiger charge is -2.41. The van der Waals surface area contributed by atoms with Crippen molar-refractivity contribution in [1.82, 2.24) is 10.2 Å². The van der Waals surface area contributed by atoms with Crippen molar-refractivity contribution in [1.29, 1.82) is 0 Å². The fourth-order valence-corrected chi connectivity index (χ4v) is 3.57. The van der Waals surface area contributed by atoms with E-state index in [0.717, 1.165) is 30.4 Å². The van der Waals surface area contributed by atoms with Gasteiger partial charge < -0.3 is 15.0 Å². The van der Waals surface area contributed by atoms with Gasteiger partial charge in [-0.05, 0) is 57.1 Å². The fraction of sp³-hybridized carbons (Fsp3) is 0.579. The molecule has 1 N–H and O–H groups in total. The zero-order chi connectivity index (χ0) is 17.4. The summed E-state index contributed by atoms with van der Waals surface area (Å²) < 4.78 is 5.47. The van der Waals surface area contributed by atoms with E-state index in [2.05, 4.69) is 5.32 Å². The van der Waals surface area contributed by atoms with Crippen molar-refractivity contribution in [2.75, 3.05) is 19.6 Å². The number of nitrogens with one attached hydrogen (secondary N) is 1. The number of likely N-dealkylation sites (tertiary alicyclic amines) is 1. The van der Waals surface area contributed by atoms with Crippen LogP contribution in [0.4, 0.5) is 4.79 Å². The molecular formula is C19H26N2O3. The molecule has 0 aliphatic carbocycles. The van der Waals surface area contributed by atoms with Crippen LogP contribution in [0.25, 0.3) is 0 Å². The minimum Gasteiger partial charge on any atom is -0.444 e. The molecule has 5 nitrogen and oxygen atoms in total. The zero-order valence-corrected chi connectivity index (χ0v) is 14.7. The highest BCUT2D eigenvalue weighted by Gasteiger charge is 2.39. The summed E-state index contributed by atoms with van der Waals surface area (Å²) >= 11 is 0. The number of fused-ring (bicyclic) bond motifs is 1. The number of hydrogen-bond donors (Lipinski definition) is 1. The van der Waals surface area contributed by atoms with E-state index in [9.17, 15) is 9.59 Å². The van der Waals surface area contributed by atoms with Crippen molar-refractivity contribution < 1.29 is 14.3 Å². The van der Waals surface area contributed by atoms with Crippen LogP contribution in [0.5, 0.6) is 0 Å². The Morgan fingerprint density at radius 2 is 1.88 bits per heavy atom. The van der Waals surface area contributed by atoms with Crippen LogP contribution in [0, 0.1) is 5.41 Å². The Labute approximate surface area is 143 Å². The number of amides is 2. The molecule has 2 amide bonds. The first-order chi connectivity index (χ1) is 11.3. The summed E-state index contributed by atoms with van der Waals surface area (Å²) in [7, 11) is 0. The standard InChI is InChI=1S/C19H26N2O3/c1-18(2,3)24-17(23)21-10-8-19(9-11-21)12-14-6-4-5-7-15(14)16(22)20-13-19/h4-7H,8-13H2,1-3H3,(H,20,22). The number of carbonyl (C=O) groups is 2. The second-order valence-electron chi connectivity index (χ2n) is 7.98. The van der Waals surface area contributed by atoms with Gasteiger partial charge in [0, 0.05) is 25.2 Å². The van der Waals surface area contributed by atoms with E-state index in [1.54, 1.807) is 4.90 Å². The highest BCUT2D eigenvalue weighted by Crippen LogP contribution is 2.37. The van der Waals surface area contributed by atoms with Gasteiger partial charge in [-0.2, -0.15) is 0 Å². The van der Waals surface area contributed by atoms with Crippen molar-refractivity contribution in [2.24, 2.45) is 5.41 Å². The van der Waals surface area contributed by atoms with Gasteiger partial charge in [-0.15, -0.1) is 0 Å². The minimum atomic E-state index is -0.471. The number of ether oxygens (including phenoxy) is 1. The summed E-state index contributed by atoms with van der Waals surface area (Å²) in [6.07, 6.45) is 2.39. The lowest BCUT2D eigenvalue weighted by atomic mass is 9.74. The van der Waals surface area contributed by atoms with Crippen LogP contribution in [-0.4, -0.2) is 42.1 Å². The highest BCUT2D eigenvalue weighted by atomic mass is 16.6. The lowest BCUT2D eigenvalue weighted by molar-refractivity contribution is 0.0102. The van der Waals surface area contributed by atoms with Crippen LogP contribution < -0.4 is 5.32 Å². The van der Waals surface area contributed by atoms with Crippen LogP contribution in [0.2, 0.25) is 0 Å². The Balaban J connectivity index is 1.70. The van der Waals surface area contributed by atoms with E-state index in [-0.39, 0.29) is 17.4 Å². The Hall–Kier alpha value is -2.04. The summed E-state index contributed by atoms with van der Waals surface area (Å²) in [6, 6.07) is 7.82. The molecule has 0 radical (unpaired) electrons. The first-order valence-corrected chi connectivity index (χ1v) is 8.62. The van der Waals surface area contributed by atoms with Crippen molar-refractivity contribution >= 4 is 12.0 Å². The van der Waals surface area contributed by atoms with Crippen LogP contribution >= 0.6 is 0 Å². The molecule has 1 aromatic rings. The van der Waals surface area contributed by atoms with Gasteiger partial charge in [-0.25, -0.2) is 4.79 Å². The molecule has 0 bridgehead atoms. The van der Waals surface area contributed by atoms with Crippen LogP contribution in [0.15, 0.2) is 24.3 Å². The van der Waals surface area contributed by atoms with Gasteiger partial charge in [-0.1, -0.05) is 18.2 Å². The summed E-state index contributed by atoms with van der Waals surface area (Å²) in [5, 5.41) is 3.07. The molecule has 0 unspecified atom stereocenters. The average molecular weight is 330 g/mol. The summed E-state index contributed by atoms with van der Waals surface area (Å²) in [4.78, 5) is 26.3. The number of rotatable bonds is 0. The lowest BCUT2D eigenvalue weighted by Crippen LogP contribution is -2.48. The second-order valence-corrected chi connectivity index (χ2v) is 7.98. The molecule has 3 rings (SSSR count). The highest BCUT2D eigenvalue weighted by molar-refractivity contribution is 5.96. The fourth-order valence-electron chi connectivity index (χ4n) is 3.57. The van der Waals surface area contributed by atoms with Crippen molar-refractivity contribution in [3.63, 3.8) is 0 Å². The van der Waals surface area contributed by atoms with E-state index in [4.69, 9.17) is 4.74 Å². The number of nitrogens with zero attached hydrogens (tertiary/aromatic N) is 1. The van der Waals surface area contributed by atoms with Crippen molar-refractivity contribution in [3.05, 3.63) is 35.4 Å². The Bertz CT molecular complexity index is 640. The smallest absolute Gasteiger partial charge is 0.410 e. The first kappa shape index (κ1) is 16.8. The van der Waals surface area contributed by atoms with E-state index in [1.165, 1.54) is 0 Å². The van der Waals surface area contributed by atoms with Crippen LogP contribution in [0.3, 0.4) is 0 Å². The summed E-state index contributed by atoms with van der Waals surface area (Å²) in [5.41, 5.74) is 1.45. The Kier molecular flexibility index (Phi) is 4.28. The monoisotopic (exact) mass is 330 g/mol. The molecule has 130 valence electrons. The molecular weight excluding hydrogens is 304 g/mol. The molecule has 2 aliphatic rings. The third kappa shape index (κ3) is 3.55. The Morgan fingerprint density at radius 3 is 2.54 bits per heavy atom. The molecule has 0 atom stereocenters. The SMILES string of the molecule is CC(C)(C)OC(=O)N1CCC2(CC1)CNC(=O)c1ccccc1C2. The number of benzene rings is 1. The molecule has 1 fully saturated rings. The average Bonchev–Trinajstić information content (AvgIpc) is 2.64. The molecule has 0 saturated carbocycles. The number of piperidine rings is 1. The van der Waals surface area contributed by atoms with Crippen LogP contribution in [-0.2, 0) is 11.2 Å². The quantitative estimate of drug-likeness (QED) is 0.795.